The van der Waals surface area contributed by atoms with E-state index in [0.29, 0.717) is 11.3 Å². The molecule has 2 saturated heterocycles. The number of benzene rings is 3. The Morgan fingerprint density at radius 3 is 2.21 bits per heavy atom. The lowest BCUT2D eigenvalue weighted by atomic mass is 10.00. The maximum Gasteiger partial charge on any atom is 0.341 e. The van der Waals surface area contributed by atoms with Crippen molar-refractivity contribution in [1.29, 1.82) is 0 Å². The van der Waals surface area contributed by atoms with Gasteiger partial charge in [-0.1, -0.05) is 42.5 Å². The maximum atomic E-state index is 14.1. The molecular weight excluding hydrogens is 590 g/mol. The summed E-state index contributed by atoms with van der Waals surface area (Å²) in [4.78, 5) is 30.5. The number of carbonyl (C=O) groups excluding carboxylic acids is 1. The molecule has 236 valence electrons. The van der Waals surface area contributed by atoms with E-state index in [2.05, 4.69) is 59.4 Å². The highest BCUT2D eigenvalue weighted by Crippen LogP contribution is 2.44. The van der Waals surface area contributed by atoms with E-state index >= 15 is 0 Å². The van der Waals surface area contributed by atoms with E-state index in [-0.39, 0.29) is 31.4 Å². The zero-order chi connectivity index (χ0) is 31.3. The fourth-order valence-electron chi connectivity index (χ4n) is 7.23. The number of nitrogens with zero attached hydrogens (tertiary/aromatic N) is 3. The summed E-state index contributed by atoms with van der Waals surface area (Å²) in [5.74, 6) is 2.25. The van der Waals surface area contributed by atoms with Gasteiger partial charge in [0.05, 0.1) is 52.6 Å². The van der Waals surface area contributed by atoms with Gasteiger partial charge < -0.3 is 34.6 Å². The number of esters is 1. The van der Waals surface area contributed by atoms with Crippen molar-refractivity contribution in [3.8, 4) is 39.5 Å². The number of hydrogen-bond donors (Lipinski definition) is 4. The predicted molar refractivity (Wildman–Crippen MR) is 179 cm³/mol. The Morgan fingerprint density at radius 2 is 1.53 bits per heavy atom. The Bertz CT molecular complexity index is 2100. The number of ether oxygens (including phenoxy) is 2. The lowest BCUT2D eigenvalue weighted by Gasteiger charge is -2.22. The molecule has 2 atom stereocenters. The van der Waals surface area contributed by atoms with E-state index in [1.807, 2.05) is 54.9 Å². The molecule has 2 fully saturated rings. The molecule has 0 spiro atoms. The highest BCUT2D eigenvalue weighted by atomic mass is 16.5. The minimum atomic E-state index is -0.371. The fraction of sp³-hybridized carbons (Fsp3) is 0.270. The van der Waals surface area contributed by atoms with Crippen molar-refractivity contribution in [2.75, 3.05) is 13.1 Å². The van der Waals surface area contributed by atoms with Crippen molar-refractivity contribution in [2.24, 2.45) is 0 Å². The van der Waals surface area contributed by atoms with Crippen molar-refractivity contribution in [2.45, 2.75) is 51.1 Å². The van der Waals surface area contributed by atoms with Crippen LogP contribution in [0.1, 0.15) is 65.3 Å². The van der Waals surface area contributed by atoms with Crippen molar-refractivity contribution in [1.82, 2.24) is 35.1 Å². The van der Waals surface area contributed by atoms with Crippen LogP contribution in [-0.4, -0.2) is 43.6 Å². The Morgan fingerprint density at radius 1 is 0.851 bits per heavy atom. The van der Waals surface area contributed by atoms with Gasteiger partial charge in [0, 0.05) is 22.1 Å². The van der Waals surface area contributed by atoms with E-state index in [9.17, 15) is 4.79 Å². The highest BCUT2D eigenvalue weighted by molar-refractivity contribution is 6.12. The van der Waals surface area contributed by atoms with Crippen LogP contribution in [0.3, 0.4) is 0 Å². The lowest BCUT2D eigenvalue weighted by molar-refractivity contribution is 0.0475. The van der Waals surface area contributed by atoms with Gasteiger partial charge in [-0.3, -0.25) is 0 Å². The molecule has 10 heteroatoms. The number of imidazole rings is 2. The van der Waals surface area contributed by atoms with Gasteiger partial charge in [-0.15, -0.1) is 0 Å². The van der Waals surface area contributed by atoms with Crippen LogP contribution in [0.2, 0.25) is 0 Å². The molecule has 3 aromatic carbocycles. The zero-order valence-corrected chi connectivity index (χ0v) is 25.9. The third kappa shape index (κ3) is 5.01. The van der Waals surface area contributed by atoms with Gasteiger partial charge in [0.1, 0.15) is 24.0 Å². The number of nitrogens with one attached hydrogen (secondary N) is 4. The minimum absolute atomic E-state index is 0.185. The fourth-order valence-corrected chi connectivity index (χ4v) is 7.23. The van der Waals surface area contributed by atoms with Crippen LogP contribution in [0.15, 0.2) is 79.1 Å². The van der Waals surface area contributed by atoms with E-state index in [1.54, 1.807) is 0 Å². The van der Waals surface area contributed by atoms with Crippen molar-refractivity contribution < 1.29 is 14.3 Å². The summed E-state index contributed by atoms with van der Waals surface area (Å²) in [6.45, 7) is 2.47. The van der Waals surface area contributed by atoms with Gasteiger partial charge in [-0.2, -0.15) is 0 Å². The summed E-state index contributed by atoms with van der Waals surface area (Å²) in [7, 11) is 0. The molecule has 3 aliphatic heterocycles. The average molecular weight is 626 g/mol. The number of fused-ring (bicyclic) bond motifs is 5. The molecule has 0 bridgehead atoms. The van der Waals surface area contributed by atoms with E-state index in [1.165, 1.54) is 0 Å². The van der Waals surface area contributed by atoms with E-state index < -0.39 is 0 Å². The Hall–Kier alpha value is -5.19. The first-order valence-corrected chi connectivity index (χ1v) is 16.4. The second kappa shape index (κ2) is 11.6. The van der Waals surface area contributed by atoms with Crippen LogP contribution in [0.25, 0.3) is 44.7 Å². The standard InChI is InChI=1S/C37H35N7O3/c45-37(46-20-22-6-2-1-3-7-22)33-26-16-23(29-18-40-35(42-29)27-8-4-14-38-27)11-13-31(26)44-21-47-32-17-24(10-12-25(32)34(33)44)30-19-41-36(43-30)28-9-5-15-39-28/h1-3,6-7,10-13,16-19,27-28,38-39H,4-5,8-9,14-15,20-21H2,(H,40,42)(H,41,43)/t27-,28-/m0/s1. The number of hydrogen-bond acceptors (Lipinski definition) is 7. The first-order valence-electron chi connectivity index (χ1n) is 16.4. The van der Waals surface area contributed by atoms with Gasteiger partial charge in [-0.05, 0) is 68.6 Å². The van der Waals surface area contributed by atoms with Crippen LogP contribution in [0, 0.1) is 0 Å². The molecule has 0 unspecified atom stereocenters. The SMILES string of the molecule is O=C(OCc1ccccc1)c1c2n(c3ccc(-c4cnc([C@@H]5CCCN5)[nH]4)cc13)COc1cc(-c3cnc([C@@H]4CCCN4)[nH]3)ccc1-2. The second-order valence-electron chi connectivity index (χ2n) is 12.6. The molecule has 6 aromatic rings. The molecule has 10 nitrogen and oxygen atoms in total. The molecule has 0 radical (unpaired) electrons. The Balaban J connectivity index is 1.12. The summed E-state index contributed by atoms with van der Waals surface area (Å²) < 4.78 is 14.4. The third-order valence-electron chi connectivity index (χ3n) is 9.66. The highest BCUT2D eigenvalue weighted by Gasteiger charge is 2.31. The van der Waals surface area contributed by atoms with Gasteiger partial charge in [0.15, 0.2) is 6.73 Å². The van der Waals surface area contributed by atoms with Gasteiger partial charge in [-0.25, -0.2) is 14.8 Å². The molecule has 0 amide bonds. The second-order valence-corrected chi connectivity index (χ2v) is 12.6. The lowest BCUT2D eigenvalue weighted by Crippen LogP contribution is -2.15. The van der Waals surface area contributed by atoms with Crippen LogP contribution in [0.5, 0.6) is 5.75 Å². The zero-order valence-electron chi connectivity index (χ0n) is 25.9. The van der Waals surface area contributed by atoms with Crippen molar-refractivity contribution >= 4 is 16.9 Å². The molecule has 4 N–H and O–H groups in total. The Labute approximate surface area is 271 Å². The summed E-state index contributed by atoms with van der Waals surface area (Å²) in [5, 5.41) is 7.83. The smallest absolute Gasteiger partial charge is 0.341 e. The van der Waals surface area contributed by atoms with Crippen LogP contribution in [0.4, 0.5) is 0 Å². The number of rotatable bonds is 7. The topological polar surface area (TPSA) is 122 Å². The molecule has 47 heavy (non-hydrogen) atoms. The summed E-state index contributed by atoms with van der Waals surface area (Å²) in [6.07, 6.45) is 8.20. The molecule has 9 rings (SSSR count). The quantitative estimate of drug-likeness (QED) is 0.147. The largest absolute Gasteiger partial charge is 0.472 e. The normalized spacial score (nSPS) is 18.6. The first kappa shape index (κ1) is 28.1. The predicted octanol–water partition coefficient (Wildman–Crippen LogP) is 6.64. The molecule has 0 saturated carbocycles. The number of aromatic nitrogens is 5. The Kier molecular flexibility index (Phi) is 6.90. The van der Waals surface area contributed by atoms with Gasteiger partial charge >= 0.3 is 5.97 Å². The molecule has 6 heterocycles. The van der Waals surface area contributed by atoms with Crippen molar-refractivity contribution in [3.05, 3.63) is 102 Å². The number of aromatic amines is 2. The van der Waals surface area contributed by atoms with Gasteiger partial charge in [0.25, 0.3) is 0 Å². The maximum absolute atomic E-state index is 14.1. The van der Waals surface area contributed by atoms with Crippen LogP contribution >= 0.6 is 0 Å². The van der Waals surface area contributed by atoms with E-state index in [0.717, 1.165) is 101 Å². The summed E-state index contributed by atoms with van der Waals surface area (Å²) in [6, 6.07) is 22.6. The molecular formula is C37H35N7O3. The monoisotopic (exact) mass is 625 g/mol. The van der Waals surface area contributed by atoms with Crippen molar-refractivity contribution in [3.63, 3.8) is 0 Å². The third-order valence-corrected chi connectivity index (χ3v) is 9.66. The molecule has 3 aromatic heterocycles. The number of H-pyrrole nitrogens is 2. The molecule has 0 aliphatic carbocycles. The average Bonchev–Trinajstić information content (AvgIpc) is 3.95. The summed E-state index contributed by atoms with van der Waals surface area (Å²) >= 11 is 0. The first-order chi connectivity index (χ1) is 23.2. The summed E-state index contributed by atoms with van der Waals surface area (Å²) in [5.41, 5.74) is 7.80. The van der Waals surface area contributed by atoms with Crippen LogP contribution < -0.4 is 15.4 Å². The van der Waals surface area contributed by atoms with Gasteiger partial charge in [0.2, 0.25) is 0 Å². The van der Waals surface area contributed by atoms with E-state index in [4.69, 9.17) is 9.47 Å². The molecule has 3 aliphatic rings. The van der Waals surface area contributed by atoms with Crippen LogP contribution in [-0.2, 0) is 18.1 Å². The number of carbonyl (C=O) groups is 1. The minimum Gasteiger partial charge on any atom is -0.472 e.